The van der Waals surface area contributed by atoms with Gasteiger partial charge in [-0.1, -0.05) is 0 Å². The Kier molecular flexibility index (Phi) is 222. The van der Waals surface area contributed by atoms with Crippen molar-refractivity contribution < 1.29 is 83.5 Å². The van der Waals surface area contributed by atoms with Crippen LogP contribution < -0.4 is 0 Å². The normalized spacial score (nSPS) is 0. The standard InChI is InChI=1S/Al.Fe.Ti.V.Zr.2H. The topological polar surface area (TPSA) is 0 Å². The minimum absolute atomic E-state index is 0. The van der Waals surface area contributed by atoms with E-state index >= 15 is 0 Å². The number of rotatable bonds is 0. The van der Waals surface area contributed by atoms with Gasteiger partial charge in [0.05, 0.1) is 0 Å². The summed E-state index contributed by atoms with van der Waals surface area (Å²) in [6.07, 6.45) is 0. The van der Waals surface area contributed by atoms with E-state index in [4.69, 9.17) is 0 Å². The second-order valence-electron chi connectivity index (χ2n) is 0. The van der Waals surface area contributed by atoms with Gasteiger partial charge >= 0.3 is 0 Å². The van der Waals surface area contributed by atoms with Crippen LogP contribution in [-0.2, 0) is 83.5 Å². The van der Waals surface area contributed by atoms with E-state index in [-0.39, 0.29) is 101 Å². The summed E-state index contributed by atoms with van der Waals surface area (Å²) >= 11 is 0. The Morgan fingerprint density at radius 3 is 1.00 bits per heavy atom. The van der Waals surface area contributed by atoms with E-state index in [9.17, 15) is 0 Å². The third-order valence-electron chi connectivity index (χ3n) is 0. The van der Waals surface area contributed by atoms with Crippen LogP contribution in [0.2, 0.25) is 0 Å². The summed E-state index contributed by atoms with van der Waals surface area (Å²) in [5, 5.41) is 0. The molecule has 0 unspecified atom stereocenters. The van der Waals surface area contributed by atoms with Crippen LogP contribution in [0.15, 0.2) is 0 Å². The molecule has 2 radical (unpaired) electrons. The van der Waals surface area contributed by atoms with Gasteiger partial charge in [-0.15, -0.1) is 0 Å². The summed E-state index contributed by atoms with van der Waals surface area (Å²) in [6, 6.07) is 0. The molecule has 5 heavy (non-hydrogen) atoms. The quantitative estimate of drug-likeness (QED) is 0.501. The molecular weight excluding hydrogens is 273 g/mol. The summed E-state index contributed by atoms with van der Waals surface area (Å²) in [5.74, 6) is 0. The molecule has 0 heterocycles. The fraction of sp³-hybridized carbons (Fsp3) is 0. The molecule has 26 valence electrons. The maximum Gasteiger partial charge on any atom is 0.146 e. The van der Waals surface area contributed by atoms with Crippen molar-refractivity contribution in [1.29, 1.82) is 0 Å². The first-order valence-corrected chi connectivity index (χ1v) is 0. The van der Waals surface area contributed by atoms with Crippen LogP contribution in [0.5, 0.6) is 0 Å². The first-order valence-electron chi connectivity index (χ1n) is 0. The molecule has 5 heteroatoms. The minimum Gasteiger partial charge on any atom is 0 e. The monoisotopic (exact) mass is 274 g/mol. The fourth-order valence-corrected chi connectivity index (χ4v) is 0. The fourth-order valence-electron chi connectivity index (χ4n) is 0. The molecule has 0 aliphatic carbocycles. The number of hydrogen-bond donors (Lipinski definition) is 0. The molecule has 0 N–H and O–H groups in total. The SMILES string of the molecule is [AlH2].[Fe].[Ti].[V].[Zr]. The summed E-state index contributed by atoms with van der Waals surface area (Å²) < 4.78 is 0. The van der Waals surface area contributed by atoms with Crippen molar-refractivity contribution >= 4 is 17.4 Å². The molecule has 0 spiro atoms. The molecular formula is H2AlFeTiVZr. The van der Waals surface area contributed by atoms with Crippen molar-refractivity contribution in [2.45, 2.75) is 0 Å². The Balaban J connectivity index is 0. The summed E-state index contributed by atoms with van der Waals surface area (Å²) in [6.45, 7) is 0. The van der Waals surface area contributed by atoms with Gasteiger partial charge in [-0.05, 0) is 0 Å². The summed E-state index contributed by atoms with van der Waals surface area (Å²) in [7, 11) is 0. The van der Waals surface area contributed by atoms with Crippen LogP contribution in [0.4, 0.5) is 0 Å². The van der Waals surface area contributed by atoms with E-state index in [1.807, 2.05) is 0 Å². The minimum atomic E-state index is 0. The van der Waals surface area contributed by atoms with Crippen molar-refractivity contribution in [3.8, 4) is 0 Å². The first-order chi connectivity index (χ1) is 0. The molecule has 0 rings (SSSR count). The van der Waals surface area contributed by atoms with E-state index < -0.39 is 0 Å². The molecule has 0 nitrogen and oxygen atoms in total. The maximum absolute atomic E-state index is 0. The van der Waals surface area contributed by atoms with Gasteiger partial charge in [-0.3, -0.25) is 0 Å². The second kappa shape index (κ2) is 26.9. The summed E-state index contributed by atoms with van der Waals surface area (Å²) in [5.41, 5.74) is 0. The van der Waals surface area contributed by atoms with E-state index in [2.05, 4.69) is 0 Å². The van der Waals surface area contributed by atoms with Crippen molar-refractivity contribution in [2.24, 2.45) is 0 Å². The molecule has 0 atom stereocenters. The van der Waals surface area contributed by atoms with Gasteiger partial charge < -0.3 is 0 Å². The van der Waals surface area contributed by atoms with Crippen molar-refractivity contribution in [3.05, 3.63) is 0 Å². The molecule has 0 bridgehead atoms. The van der Waals surface area contributed by atoms with Gasteiger partial charge in [0.15, 0.2) is 0 Å². The molecule has 0 saturated heterocycles. The third kappa shape index (κ3) is 18.9. The van der Waals surface area contributed by atoms with Gasteiger partial charge in [0.25, 0.3) is 0 Å². The van der Waals surface area contributed by atoms with Crippen LogP contribution in [-0.4, -0.2) is 17.4 Å². The van der Waals surface area contributed by atoms with Crippen molar-refractivity contribution in [1.82, 2.24) is 0 Å². The maximum atomic E-state index is 0. The van der Waals surface area contributed by atoms with Crippen molar-refractivity contribution in [3.63, 3.8) is 0 Å². The Morgan fingerprint density at radius 1 is 1.00 bits per heavy atom. The predicted molar refractivity (Wildman–Crippen MR) is 8.54 cm³/mol. The smallest absolute Gasteiger partial charge is 0 e. The van der Waals surface area contributed by atoms with Gasteiger partial charge in [0.2, 0.25) is 0 Å². The van der Waals surface area contributed by atoms with Crippen LogP contribution >= 0.6 is 0 Å². The largest absolute Gasteiger partial charge is 0.146 e. The molecule has 0 aliphatic heterocycles. The predicted octanol–water partition coefficient (Wildman–Crippen LogP) is -0.926. The molecule has 0 amide bonds. The molecule has 0 aromatic rings. The van der Waals surface area contributed by atoms with Crippen LogP contribution in [0.25, 0.3) is 0 Å². The molecule has 0 saturated carbocycles. The second-order valence-corrected chi connectivity index (χ2v) is 0. The van der Waals surface area contributed by atoms with Crippen LogP contribution in [0, 0.1) is 0 Å². The molecule has 0 fully saturated rings. The zero-order valence-electron chi connectivity index (χ0n) is 2.80. The molecule has 0 aliphatic rings. The van der Waals surface area contributed by atoms with Gasteiger partial charge in [0.1, 0.15) is 17.4 Å². The van der Waals surface area contributed by atoms with Gasteiger partial charge in [-0.2, -0.15) is 0 Å². The Morgan fingerprint density at radius 2 is 1.00 bits per heavy atom. The summed E-state index contributed by atoms with van der Waals surface area (Å²) in [4.78, 5) is 0. The van der Waals surface area contributed by atoms with E-state index in [1.54, 1.807) is 0 Å². The zero-order valence-corrected chi connectivity index (χ0v) is 11.3. The van der Waals surface area contributed by atoms with E-state index in [0.717, 1.165) is 0 Å². The molecule has 0 aromatic heterocycles. The van der Waals surface area contributed by atoms with Crippen LogP contribution in [0.1, 0.15) is 0 Å². The first kappa shape index (κ1) is 41.2. The molecule has 0 aromatic carbocycles. The van der Waals surface area contributed by atoms with Gasteiger partial charge in [0, 0.05) is 83.5 Å². The average molecular weight is 275 g/mol. The zero-order chi connectivity index (χ0) is 0. The Hall–Kier alpha value is 3.23. The van der Waals surface area contributed by atoms with Crippen LogP contribution in [0.3, 0.4) is 0 Å². The number of hydrogen-bond acceptors (Lipinski definition) is 0. The Bertz CT molecular complexity index is 11.6. The third-order valence-corrected chi connectivity index (χ3v) is 0. The Labute approximate surface area is 99.1 Å². The van der Waals surface area contributed by atoms with Crippen molar-refractivity contribution in [2.75, 3.05) is 0 Å². The van der Waals surface area contributed by atoms with E-state index in [0.29, 0.717) is 0 Å². The average Bonchev–Trinajstić information content (AvgIpc) is 0. The van der Waals surface area contributed by atoms with Gasteiger partial charge in [-0.25, -0.2) is 0 Å². The van der Waals surface area contributed by atoms with E-state index in [1.165, 1.54) is 0 Å².